The van der Waals surface area contributed by atoms with E-state index >= 15 is 0 Å². The van der Waals surface area contributed by atoms with Crippen molar-refractivity contribution in [3.8, 4) is 5.75 Å². The van der Waals surface area contributed by atoms with Gasteiger partial charge in [-0.15, -0.1) is 0 Å². The lowest BCUT2D eigenvalue weighted by molar-refractivity contribution is 0.0934. The van der Waals surface area contributed by atoms with Crippen molar-refractivity contribution in [1.29, 1.82) is 0 Å². The van der Waals surface area contributed by atoms with Crippen LogP contribution in [0.2, 0.25) is 0 Å². The van der Waals surface area contributed by atoms with Crippen LogP contribution in [0.25, 0.3) is 0 Å². The molecular formula is C13H20N2O3. The van der Waals surface area contributed by atoms with Crippen LogP contribution < -0.4 is 15.8 Å². The lowest BCUT2D eigenvalue weighted by atomic mass is 10.1. The normalized spacial score (nSPS) is 11.9. The van der Waals surface area contributed by atoms with E-state index in [-0.39, 0.29) is 11.8 Å². The Morgan fingerprint density at radius 1 is 1.44 bits per heavy atom. The molecule has 1 rings (SSSR count). The average Bonchev–Trinajstić information content (AvgIpc) is 2.36. The van der Waals surface area contributed by atoms with Crippen molar-refractivity contribution < 1.29 is 14.3 Å². The van der Waals surface area contributed by atoms with Gasteiger partial charge in [0.1, 0.15) is 5.75 Å². The van der Waals surface area contributed by atoms with Crippen molar-refractivity contribution in [2.75, 3.05) is 33.1 Å². The molecule has 18 heavy (non-hydrogen) atoms. The van der Waals surface area contributed by atoms with Gasteiger partial charge in [-0.1, -0.05) is 6.92 Å². The van der Waals surface area contributed by atoms with Crippen LogP contribution in [0, 0.1) is 5.92 Å². The van der Waals surface area contributed by atoms with Crippen molar-refractivity contribution >= 4 is 11.6 Å². The average molecular weight is 252 g/mol. The van der Waals surface area contributed by atoms with Crippen LogP contribution in [0.1, 0.15) is 17.3 Å². The highest BCUT2D eigenvalue weighted by Gasteiger charge is 2.09. The van der Waals surface area contributed by atoms with Crippen LogP contribution in [0.5, 0.6) is 5.75 Å². The number of anilines is 1. The van der Waals surface area contributed by atoms with Gasteiger partial charge in [-0.3, -0.25) is 4.79 Å². The second-order valence-electron chi connectivity index (χ2n) is 4.23. The summed E-state index contributed by atoms with van der Waals surface area (Å²) in [5.74, 6) is 0.696. The summed E-state index contributed by atoms with van der Waals surface area (Å²) in [5.41, 5.74) is 6.73. The van der Waals surface area contributed by atoms with E-state index in [1.54, 1.807) is 25.3 Å². The van der Waals surface area contributed by atoms with Gasteiger partial charge in [-0.05, 0) is 24.1 Å². The second-order valence-corrected chi connectivity index (χ2v) is 4.23. The van der Waals surface area contributed by atoms with Gasteiger partial charge in [-0.25, -0.2) is 0 Å². The molecule has 1 amide bonds. The van der Waals surface area contributed by atoms with E-state index in [2.05, 4.69) is 5.32 Å². The van der Waals surface area contributed by atoms with Crippen molar-refractivity contribution in [3.63, 3.8) is 0 Å². The minimum absolute atomic E-state index is 0.146. The number of rotatable bonds is 6. The number of hydrogen-bond donors (Lipinski definition) is 2. The van der Waals surface area contributed by atoms with E-state index in [9.17, 15) is 4.79 Å². The smallest absolute Gasteiger partial charge is 0.251 e. The first-order chi connectivity index (χ1) is 8.58. The van der Waals surface area contributed by atoms with Gasteiger partial charge in [0.2, 0.25) is 0 Å². The molecule has 0 aromatic heterocycles. The minimum atomic E-state index is -0.146. The van der Waals surface area contributed by atoms with E-state index in [0.717, 1.165) is 0 Å². The van der Waals surface area contributed by atoms with E-state index in [1.165, 1.54) is 7.11 Å². The van der Waals surface area contributed by atoms with Gasteiger partial charge in [0.15, 0.2) is 0 Å². The Morgan fingerprint density at radius 3 is 2.72 bits per heavy atom. The highest BCUT2D eigenvalue weighted by atomic mass is 16.5. The minimum Gasteiger partial charge on any atom is -0.495 e. The van der Waals surface area contributed by atoms with E-state index in [0.29, 0.717) is 30.2 Å². The lowest BCUT2D eigenvalue weighted by Crippen LogP contribution is -2.29. The largest absolute Gasteiger partial charge is 0.495 e. The Hall–Kier alpha value is -1.75. The molecular weight excluding hydrogens is 232 g/mol. The molecule has 0 bridgehead atoms. The highest BCUT2D eigenvalue weighted by Crippen LogP contribution is 2.21. The third-order valence-electron chi connectivity index (χ3n) is 2.55. The van der Waals surface area contributed by atoms with Crippen molar-refractivity contribution in [1.82, 2.24) is 5.32 Å². The van der Waals surface area contributed by atoms with Crippen LogP contribution in [-0.4, -0.2) is 33.3 Å². The zero-order valence-corrected chi connectivity index (χ0v) is 11.0. The van der Waals surface area contributed by atoms with Gasteiger partial charge in [0.25, 0.3) is 5.91 Å². The zero-order valence-electron chi connectivity index (χ0n) is 11.0. The Labute approximate surface area is 107 Å². The van der Waals surface area contributed by atoms with Crippen molar-refractivity contribution in [3.05, 3.63) is 23.8 Å². The number of nitrogens with one attached hydrogen (secondary N) is 1. The Balaban J connectivity index is 2.59. The van der Waals surface area contributed by atoms with Gasteiger partial charge in [-0.2, -0.15) is 0 Å². The second kappa shape index (κ2) is 6.86. The summed E-state index contributed by atoms with van der Waals surface area (Å²) < 4.78 is 10.0. The topological polar surface area (TPSA) is 73.6 Å². The summed E-state index contributed by atoms with van der Waals surface area (Å²) in [4.78, 5) is 11.9. The number of benzene rings is 1. The Kier molecular flexibility index (Phi) is 5.45. The summed E-state index contributed by atoms with van der Waals surface area (Å²) in [6.07, 6.45) is 0. The third kappa shape index (κ3) is 3.92. The van der Waals surface area contributed by atoms with E-state index < -0.39 is 0 Å². The molecule has 100 valence electrons. The highest BCUT2D eigenvalue weighted by molar-refractivity contribution is 5.95. The maximum atomic E-state index is 11.9. The fourth-order valence-corrected chi connectivity index (χ4v) is 1.59. The van der Waals surface area contributed by atoms with Gasteiger partial charge < -0.3 is 20.5 Å². The predicted octanol–water partition coefficient (Wildman–Crippen LogP) is 1.29. The van der Waals surface area contributed by atoms with Gasteiger partial charge in [0, 0.05) is 19.2 Å². The molecule has 5 nitrogen and oxygen atoms in total. The molecule has 0 aliphatic rings. The fraction of sp³-hybridized carbons (Fsp3) is 0.462. The molecule has 1 aromatic carbocycles. The molecule has 0 aliphatic carbocycles. The van der Waals surface area contributed by atoms with Crippen molar-refractivity contribution in [2.24, 2.45) is 5.92 Å². The molecule has 1 unspecified atom stereocenters. The Bertz CT molecular complexity index is 407. The summed E-state index contributed by atoms with van der Waals surface area (Å²) in [6.45, 7) is 3.19. The number of methoxy groups -OCH3 is 2. The van der Waals surface area contributed by atoms with E-state index in [4.69, 9.17) is 15.2 Å². The fourth-order valence-electron chi connectivity index (χ4n) is 1.59. The predicted molar refractivity (Wildman–Crippen MR) is 70.8 cm³/mol. The molecule has 1 atom stereocenters. The number of ether oxygens (including phenoxy) is 2. The van der Waals surface area contributed by atoms with Crippen LogP contribution in [-0.2, 0) is 4.74 Å². The summed E-state index contributed by atoms with van der Waals surface area (Å²) >= 11 is 0. The van der Waals surface area contributed by atoms with Crippen LogP contribution in [0.3, 0.4) is 0 Å². The maximum Gasteiger partial charge on any atom is 0.251 e. The number of nitrogens with two attached hydrogens (primary N) is 1. The first-order valence-electron chi connectivity index (χ1n) is 5.79. The third-order valence-corrected chi connectivity index (χ3v) is 2.55. The molecule has 0 aliphatic heterocycles. The summed E-state index contributed by atoms with van der Waals surface area (Å²) in [6, 6.07) is 4.98. The summed E-state index contributed by atoms with van der Waals surface area (Å²) in [7, 11) is 3.18. The lowest BCUT2D eigenvalue weighted by Gasteiger charge is -2.12. The number of hydrogen-bond acceptors (Lipinski definition) is 4. The maximum absolute atomic E-state index is 11.9. The number of amides is 1. The molecule has 0 saturated carbocycles. The summed E-state index contributed by atoms with van der Waals surface area (Å²) in [5, 5.41) is 2.83. The van der Waals surface area contributed by atoms with Gasteiger partial charge >= 0.3 is 0 Å². The standard InChI is InChI=1S/C13H20N2O3/c1-9(8-17-2)7-15-13(16)10-4-5-12(18-3)11(14)6-10/h4-6,9H,7-8,14H2,1-3H3,(H,15,16). The SMILES string of the molecule is COCC(C)CNC(=O)c1ccc(OC)c(N)c1. The van der Waals surface area contributed by atoms with Crippen LogP contribution >= 0.6 is 0 Å². The van der Waals surface area contributed by atoms with E-state index in [1.807, 2.05) is 6.92 Å². The molecule has 0 heterocycles. The molecule has 0 spiro atoms. The molecule has 0 saturated heterocycles. The molecule has 5 heteroatoms. The molecule has 1 aromatic rings. The molecule has 0 fully saturated rings. The number of carbonyl (C=O) groups is 1. The van der Waals surface area contributed by atoms with Crippen LogP contribution in [0.4, 0.5) is 5.69 Å². The number of carbonyl (C=O) groups excluding carboxylic acids is 1. The van der Waals surface area contributed by atoms with Crippen molar-refractivity contribution in [2.45, 2.75) is 6.92 Å². The monoisotopic (exact) mass is 252 g/mol. The molecule has 3 N–H and O–H groups in total. The molecule has 0 radical (unpaired) electrons. The number of nitrogen functional groups attached to an aromatic ring is 1. The van der Waals surface area contributed by atoms with Gasteiger partial charge in [0.05, 0.1) is 19.4 Å². The van der Waals surface area contributed by atoms with Crippen LogP contribution in [0.15, 0.2) is 18.2 Å². The quantitative estimate of drug-likeness (QED) is 0.748. The zero-order chi connectivity index (χ0) is 13.5. The first kappa shape index (κ1) is 14.3. The Morgan fingerprint density at radius 2 is 2.17 bits per heavy atom. The first-order valence-corrected chi connectivity index (χ1v) is 5.79.